The van der Waals surface area contributed by atoms with Gasteiger partial charge in [-0.2, -0.15) is 15.0 Å². The van der Waals surface area contributed by atoms with Crippen LogP contribution >= 0.6 is 0 Å². The summed E-state index contributed by atoms with van der Waals surface area (Å²) in [6, 6.07) is 0. The monoisotopic (exact) mass is 239 g/mol. The third kappa shape index (κ3) is 3.74. The molecule has 0 fully saturated rings. The predicted molar refractivity (Wildman–Crippen MR) is 65.5 cm³/mol. The molecule has 0 aliphatic rings. The fourth-order valence-electron chi connectivity index (χ4n) is 1.27. The number of anilines is 3. The highest BCUT2D eigenvalue weighted by atomic mass is 16.1. The van der Waals surface area contributed by atoms with Gasteiger partial charge in [0, 0.05) is 13.1 Å². The summed E-state index contributed by atoms with van der Waals surface area (Å²) in [5.41, 5.74) is 10.6. The molecule has 0 spiro atoms. The average Bonchev–Trinajstić information content (AvgIpc) is 2.27. The zero-order valence-electron chi connectivity index (χ0n) is 9.97. The molecule has 0 saturated carbocycles. The minimum absolute atomic E-state index is 0.0405. The number of rotatable bonds is 6. The lowest BCUT2D eigenvalue weighted by Gasteiger charge is -2.18. The molecule has 1 aromatic rings. The highest BCUT2D eigenvalue weighted by Gasteiger charge is 2.09. The van der Waals surface area contributed by atoms with Gasteiger partial charge in [-0.15, -0.1) is 0 Å². The Hall–Kier alpha value is -2.12. The van der Waals surface area contributed by atoms with E-state index in [0.29, 0.717) is 5.95 Å². The molecule has 1 rings (SSSR count). The Balaban J connectivity index is 2.89. The second-order valence-corrected chi connectivity index (χ2v) is 3.31. The van der Waals surface area contributed by atoms with Gasteiger partial charge in [0.2, 0.25) is 23.8 Å². The third-order valence-electron chi connectivity index (χ3n) is 2.11. The first-order valence-electron chi connectivity index (χ1n) is 5.35. The fourth-order valence-corrected chi connectivity index (χ4v) is 1.27. The molecule has 0 aliphatic heterocycles. The Morgan fingerprint density at radius 1 is 1.29 bits per heavy atom. The molecule has 0 radical (unpaired) electrons. The lowest BCUT2D eigenvalue weighted by molar-refractivity contribution is -0.116. The van der Waals surface area contributed by atoms with E-state index in [1.807, 2.05) is 18.7 Å². The fraction of sp³-hybridized carbons (Fsp3) is 0.556. The number of amides is 1. The number of nitrogens with one attached hydrogen (secondary N) is 1. The van der Waals surface area contributed by atoms with Gasteiger partial charge >= 0.3 is 0 Å². The topological polar surface area (TPSA) is 123 Å². The first-order valence-corrected chi connectivity index (χ1v) is 5.35. The Kier molecular flexibility index (Phi) is 4.44. The van der Waals surface area contributed by atoms with Crippen molar-refractivity contribution in [2.24, 2.45) is 5.73 Å². The zero-order valence-corrected chi connectivity index (χ0v) is 9.97. The molecule has 1 aromatic heterocycles. The van der Waals surface area contributed by atoms with Gasteiger partial charge in [-0.05, 0) is 13.8 Å². The van der Waals surface area contributed by atoms with Crippen LogP contribution in [0.4, 0.5) is 17.8 Å². The standard InChI is InChI=1S/C9H17N7O/c1-3-16(4-2)9-14-7(11)13-8(15-9)12-5-6(10)17/h3-5H2,1-2H3,(H2,10,17)(H3,11,12,13,14,15). The molecule has 8 nitrogen and oxygen atoms in total. The quantitative estimate of drug-likeness (QED) is 0.593. The van der Waals surface area contributed by atoms with Crippen molar-refractivity contribution in [1.82, 2.24) is 15.0 Å². The maximum absolute atomic E-state index is 10.6. The van der Waals surface area contributed by atoms with E-state index in [1.165, 1.54) is 0 Å². The highest BCUT2D eigenvalue weighted by molar-refractivity contribution is 5.78. The molecule has 1 amide bonds. The number of nitrogen functional groups attached to an aromatic ring is 1. The lowest BCUT2D eigenvalue weighted by atomic mass is 10.5. The zero-order chi connectivity index (χ0) is 12.8. The van der Waals surface area contributed by atoms with E-state index in [1.54, 1.807) is 0 Å². The van der Waals surface area contributed by atoms with Crippen LogP contribution in [0.1, 0.15) is 13.8 Å². The lowest BCUT2D eigenvalue weighted by Crippen LogP contribution is -2.27. The molecule has 0 unspecified atom stereocenters. The van der Waals surface area contributed by atoms with Gasteiger partial charge in [0.25, 0.3) is 0 Å². The van der Waals surface area contributed by atoms with Gasteiger partial charge in [0.05, 0.1) is 6.54 Å². The number of primary amides is 1. The van der Waals surface area contributed by atoms with Crippen LogP contribution in [0.15, 0.2) is 0 Å². The van der Waals surface area contributed by atoms with Gasteiger partial charge < -0.3 is 21.7 Å². The van der Waals surface area contributed by atoms with Crippen LogP contribution < -0.4 is 21.7 Å². The first kappa shape index (κ1) is 12.9. The number of aromatic nitrogens is 3. The number of nitrogens with two attached hydrogens (primary N) is 2. The number of hydrogen-bond acceptors (Lipinski definition) is 7. The van der Waals surface area contributed by atoms with Crippen molar-refractivity contribution in [2.45, 2.75) is 13.8 Å². The van der Waals surface area contributed by atoms with Crippen molar-refractivity contribution >= 4 is 23.8 Å². The number of carbonyl (C=O) groups excluding carboxylic acids is 1. The number of carbonyl (C=O) groups is 1. The van der Waals surface area contributed by atoms with Gasteiger partial charge in [-0.25, -0.2) is 0 Å². The van der Waals surface area contributed by atoms with Crippen molar-refractivity contribution in [3.05, 3.63) is 0 Å². The number of nitrogens with zero attached hydrogens (tertiary/aromatic N) is 4. The molecule has 0 bridgehead atoms. The summed E-state index contributed by atoms with van der Waals surface area (Å²) in [6.45, 7) is 5.45. The van der Waals surface area contributed by atoms with Crippen molar-refractivity contribution in [2.75, 3.05) is 35.6 Å². The Morgan fingerprint density at radius 2 is 1.94 bits per heavy atom. The second-order valence-electron chi connectivity index (χ2n) is 3.31. The van der Waals surface area contributed by atoms with Crippen LogP contribution in [0, 0.1) is 0 Å². The molecular weight excluding hydrogens is 222 g/mol. The van der Waals surface area contributed by atoms with Gasteiger partial charge in [-0.3, -0.25) is 4.79 Å². The van der Waals surface area contributed by atoms with Crippen molar-refractivity contribution < 1.29 is 4.79 Å². The summed E-state index contributed by atoms with van der Waals surface area (Å²) in [7, 11) is 0. The van der Waals surface area contributed by atoms with Crippen molar-refractivity contribution in [3.8, 4) is 0 Å². The van der Waals surface area contributed by atoms with Crippen molar-refractivity contribution in [1.29, 1.82) is 0 Å². The molecule has 5 N–H and O–H groups in total. The van der Waals surface area contributed by atoms with Crippen LogP contribution in [0.25, 0.3) is 0 Å². The maximum atomic E-state index is 10.6. The molecule has 8 heteroatoms. The minimum Gasteiger partial charge on any atom is -0.368 e. The van der Waals surface area contributed by atoms with Gasteiger partial charge in [0.15, 0.2) is 0 Å². The van der Waals surface area contributed by atoms with E-state index < -0.39 is 5.91 Å². The van der Waals surface area contributed by atoms with E-state index in [-0.39, 0.29) is 18.4 Å². The first-order chi connectivity index (χ1) is 8.06. The third-order valence-corrected chi connectivity index (χ3v) is 2.11. The normalized spacial score (nSPS) is 10.0. The summed E-state index contributed by atoms with van der Waals surface area (Å²) >= 11 is 0. The summed E-state index contributed by atoms with van der Waals surface area (Å²) < 4.78 is 0. The summed E-state index contributed by atoms with van der Waals surface area (Å²) in [5, 5.41) is 2.68. The highest BCUT2D eigenvalue weighted by Crippen LogP contribution is 2.11. The average molecular weight is 239 g/mol. The number of hydrogen-bond donors (Lipinski definition) is 3. The van der Waals surface area contributed by atoms with E-state index in [9.17, 15) is 4.79 Å². The Bertz CT molecular complexity index is 391. The largest absolute Gasteiger partial charge is 0.368 e. The smallest absolute Gasteiger partial charge is 0.236 e. The van der Waals surface area contributed by atoms with E-state index >= 15 is 0 Å². The van der Waals surface area contributed by atoms with Crippen LogP contribution in [0.3, 0.4) is 0 Å². The molecule has 17 heavy (non-hydrogen) atoms. The molecular formula is C9H17N7O. The summed E-state index contributed by atoms with van der Waals surface area (Å²) in [5.74, 6) is 0.343. The molecule has 94 valence electrons. The molecule has 1 heterocycles. The van der Waals surface area contributed by atoms with Crippen LogP contribution in [0.2, 0.25) is 0 Å². The molecule has 0 atom stereocenters. The van der Waals surface area contributed by atoms with Gasteiger partial charge in [0.1, 0.15) is 0 Å². The van der Waals surface area contributed by atoms with Crippen LogP contribution in [-0.2, 0) is 4.79 Å². The molecule has 0 saturated heterocycles. The second kappa shape index (κ2) is 5.83. The summed E-state index contributed by atoms with van der Waals surface area (Å²) in [4.78, 5) is 24.6. The van der Waals surface area contributed by atoms with Crippen LogP contribution in [-0.4, -0.2) is 40.5 Å². The Labute approximate surface area is 99.4 Å². The van der Waals surface area contributed by atoms with E-state index in [0.717, 1.165) is 13.1 Å². The summed E-state index contributed by atoms with van der Waals surface area (Å²) in [6.07, 6.45) is 0. The van der Waals surface area contributed by atoms with E-state index in [2.05, 4.69) is 20.3 Å². The SMILES string of the molecule is CCN(CC)c1nc(N)nc(NCC(N)=O)n1. The minimum atomic E-state index is -0.492. The molecule has 0 aromatic carbocycles. The molecule has 0 aliphatic carbocycles. The van der Waals surface area contributed by atoms with Gasteiger partial charge in [-0.1, -0.05) is 0 Å². The van der Waals surface area contributed by atoms with Crippen LogP contribution in [0.5, 0.6) is 0 Å². The van der Waals surface area contributed by atoms with Crippen molar-refractivity contribution in [3.63, 3.8) is 0 Å². The predicted octanol–water partition coefficient (Wildman–Crippen LogP) is -0.803. The Morgan fingerprint density at radius 3 is 2.47 bits per heavy atom. The van der Waals surface area contributed by atoms with E-state index in [4.69, 9.17) is 11.5 Å². The maximum Gasteiger partial charge on any atom is 0.236 e.